The average Bonchev–Trinajstić information content (AvgIpc) is 2.76. The number of hydrogen-bond acceptors (Lipinski definition) is 3. The number of halogens is 1. The molecular formula is C15H14BrN3O. The first-order chi connectivity index (χ1) is 9.65. The minimum absolute atomic E-state index is 0.0482. The summed E-state index contributed by atoms with van der Waals surface area (Å²) in [6.07, 6.45) is 4.34. The zero-order valence-corrected chi connectivity index (χ0v) is 12.7. The molecule has 102 valence electrons. The largest absolute Gasteiger partial charge is 0.332 e. The predicted octanol–water partition coefficient (Wildman–Crippen LogP) is 2.75. The first kappa shape index (κ1) is 13.2. The lowest BCUT2D eigenvalue weighted by Gasteiger charge is -2.14. The molecule has 1 aliphatic rings. The number of aromatic nitrogens is 2. The molecule has 2 aromatic heterocycles. The molecule has 4 nitrogen and oxygen atoms in total. The van der Waals surface area contributed by atoms with Gasteiger partial charge in [-0.25, -0.2) is 0 Å². The predicted molar refractivity (Wildman–Crippen MR) is 79.4 cm³/mol. The second-order valence-electron chi connectivity index (χ2n) is 4.92. The second kappa shape index (κ2) is 5.32. The van der Waals surface area contributed by atoms with Gasteiger partial charge in [0.15, 0.2) is 0 Å². The van der Waals surface area contributed by atoms with Crippen LogP contribution >= 0.6 is 15.9 Å². The molecular weight excluding hydrogens is 318 g/mol. The SMILES string of the molecule is Cc1ccc(CCN2Cc3nccc(Br)c3C2=O)nc1. The van der Waals surface area contributed by atoms with E-state index in [0.717, 1.165) is 27.8 Å². The summed E-state index contributed by atoms with van der Waals surface area (Å²) in [7, 11) is 0. The minimum Gasteiger partial charge on any atom is -0.332 e. The molecule has 5 heteroatoms. The van der Waals surface area contributed by atoms with Gasteiger partial charge in [0, 0.05) is 35.5 Å². The molecule has 0 unspecified atom stereocenters. The van der Waals surface area contributed by atoms with Crippen molar-refractivity contribution in [1.29, 1.82) is 0 Å². The molecule has 1 amide bonds. The van der Waals surface area contributed by atoms with Gasteiger partial charge in [0.25, 0.3) is 5.91 Å². The maximum atomic E-state index is 12.3. The van der Waals surface area contributed by atoms with E-state index in [1.54, 1.807) is 6.20 Å². The van der Waals surface area contributed by atoms with Crippen LogP contribution in [-0.2, 0) is 13.0 Å². The number of carbonyl (C=O) groups is 1. The third-order valence-electron chi connectivity index (χ3n) is 3.43. The van der Waals surface area contributed by atoms with E-state index in [0.29, 0.717) is 18.7 Å². The fraction of sp³-hybridized carbons (Fsp3) is 0.267. The summed E-state index contributed by atoms with van der Waals surface area (Å²) in [4.78, 5) is 22.8. The molecule has 2 aromatic rings. The minimum atomic E-state index is 0.0482. The molecule has 0 N–H and O–H groups in total. The number of aryl methyl sites for hydroxylation is 1. The van der Waals surface area contributed by atoms with Crippen LogP contribution in [0.1, 0.15) is 27.3 Å². The van der Waals surface area contributed by atoms with E-state index < -0.39 is 0 Å². The normalized spacial score (nSPS) is 13.7. The van der Waals surface area contributed by atoms with Crippen LogP contribution < -0.4 is 0 Å². The van der Waals surface area contributed by atoms with Crippen molar-refractivity contribution in [2.45, 2.75) is 19.9 Å². The highest BCUT2D eigenvalue weighted by atomic mass is 79.9. The van der Waals surface area contributed by atoms with Gasteiger partial charge in [-0.15, -0.1) is 0 Å². The number of carbonyl (C=O) groups excluding carboxylic acids is 1. The van der Waals surface area contributed by atoms with E-state index in [1.165, 1.54) is 0 Å². The van der Waals surface area contributed by atoms with E-state index in [1.807, 2.05) is 36.2 Å². The molecule has 3 heterocycles. The van der Waals surface area contributed by atoms with Crippen molar-refractivity contribution in [2.75, 3.05) is 6.54 Å². The molecule has 1 aliphatic heterocycles. The summed E-state index contributed by atoms with van der Waals surface area (Å²) in [6.45, 7) is 3.26. The highest BCUT2D eigenvalue weighted by Gasteiger charge is 2.30. The van der Waals surface area contributed by atoms with E-state index in [4.69, 9.17) is 0 Å². The summed E-state index contributed by atoms with van der Waals surface area (Å²) in [5.74, 6) is 0.0482. The highest BCUT2D eigenvalue weighted by Crippen LogP contribution is 2.27. The summed E-state index contributed by atoms with van der Waals surface area (Å²) in [5.41, 5.74) is 3.70. The first-order valence-corrected chi connectivity index (χ1v) is 7.28. The maximum absolute atomic E-state index is 12.3. The number of fused-ring (bicyclic) bond motifs is 1. The Morgan fingerprint density at radius 3 is 2.85 bits per heavy atom. The van der Waals surface area contributed by atoms with E-state index in [-0.39, 0.29) is 5.91 Å². The lowest BCUT2D eigenvalue weighted by Crippen LogP contribution is -2.26. The van der Waals surface area contributed by atoms with Crippen LogP contribution in [-0.4, -0.2) is 27.3 Å². The molecule has 0 saturated heterocycles. The third-order valence-corrected chi connectivity index (χ3v) is 4.09. The standard InChI is InChI=1S/C15H14BrN3O/c1-10-2-3-11(18-8-10)5-7-19-9-13-14(15(19)20)12(16)4-6-17-13/h2-4,6,8H,5,7,9H2,1H3. The first-order valence-electron chi connectivity index (χ1n) is 6.49. The lowest BCUT2D eigenvalue weighted by molar-refractivity contribution is 0.0779. The van der Waals surface area contributed by atoms with Crippen molar-refractivity contribution in [1.82, 2.24) is 14.9 Å². The van der Waals surface area contributed by atoms with Crippen LogP contribution in [0.2, 0.25) is 0 Å². The van der Waals surface area contributed by atoms with Crippen molar-refractivity contribution in [2.24, 2.45) is 0 Å². The molecule has 0 aliphatic carbocycles. The van der Waals surface area contributed by atoms with Crippen molar-refractivity contribution in [3.63, 3.8) is 0 Å². The van der Waals surface area contributed by atoms with Crippen molar-refractivity contribution < 1.29 is 4.79 Å². The second-order valence-corrected chi connectivity index (χ2v) is 5.77. The summed E-state index contributed by atoms with van der Waals surface area (Å²) in [5, 5.41) is 0. The van der Waals surface area contributed by atoms with Crippen LogP contribution in [0.15, 0.2) is 35.1 Å². The number of pyridine rings is 2. The van der Waals surface area contributed by atoms with Gasteiger partial charge >= 0.3 is 0 Å². The Balaban J connectivity index is 1.70. The van der Waals surface area contributed by atoms with Gasteiger partial charge in [-0.3, -0.25) is 14.8 Å². The number of amides is 1. The number of hydrogen-bond donors (Lipinski definition) is 0. The van der Waals surface area contributed by atoms with Crippen LogP contribution in [0.5, 0.6) is 0 Å². The maximum Gasteiger partial charge on any atom is 0.257 e. The Morgan fingerprint density at radius 2 is 2.15 bits per heavy atom. The van der Waals surface area contributed by atoms with Crippen molar-refractivity contribution in [3.8, 4) is 0 Å². The quantitative estimate of drug-likeness (QED) is 0.868. The van der Waals surface area contributed by atoms with E-state index >= 15 is 0 Å². The molecule has 0 aromatic carbocycles. The summed E-state index contributed by atoms with van der Waals surface area (Å²) < 4.78 is 0.823. The lowest BCUT2D eigenvalue weighted by atomic mass is 10.2. The molecule has 0 atom stereocenters. The number of rotatable bonds is 3. The Bertz CT molecular complexity index is 655. The molecule has 20 heavy (non-hydrogen) atoms. The zero-order chi connectivity index (χ0) is 14.1. The topological polar surface area (TPSA) is 46.1 Å². The van der Waals surface area contributed by atoms with Crippen LogP contribution in [0, 0.1) is 6.92 Å². The van der Waals surface area contributed by atoms with Crippen LogP contribution in [0.3, 0.4) is 0 Å². The molecule has 0 spiro atoms. The van der Waals surface area contributed by atoms with Crippen molar-refractivity contribution >= 4 is 21.8 Å². The van der Waals surface area contributed by atoms with Crippen LogP contribution in [0.25, 0.3) is 0 Å². The van der Waals surface area contributed by atoms with Gasteiger partial charge in [0.1, 0.15) is 0 Å². The Morgan fingerprint density at radius 1 is 1.30 bits per heavy atom. The Labute approximate surface area is 126 Å². The fourth-order valence-electron chi connectivity index (χ4n) is 2.31. The average molecular weight is 332 g/mol. The van der Waals surface area contributed by atoms with E-state index in [2.05, 4.69) is 25.9 Å². The zero-order valence-electron chi connectivity index (χ0n) is 11.1. The van der Waals surface area contributed by atoms with Gasteiger partial charge in [-0.05, 0) is 40.5 Å². The molecule has 0 bridgehead atoms. The molecule has 0 fully saturated rings. The van der Waals surface area contributed by atoms with Gasteiger partial charge < -0.3 is 4.90 Å². The van der Waals surface area contributed by atoms with Gasteiger partial charge in [-0.1, -0.05) is 6.07 Å². The number of nitrogens with zero attached hydrogens (tertiary/aromatic N) is 3. The Hall–Kier alpha value is -1.75. The van der Waals surface area contributed by atoms with Crippen LogP contribution in [0.4, 0.5) is 0 Å². The highest BCUT2D eigenvalue weighted by molar-refractivity contribution is 9.10. The molecule has 0 saturated carbocycles. The molecule has 3 rings (SSSR count). The monoisotopic (exact) mass is 331 g/mol. The van der Waals surface area contributed by atoms with Gasteiger partial charge in [0.05, 0.1) is 17.8 Å². The smallest absolute Gasteiger partial charge is 0.257 e. The summed E-state index contributed by atoms with van der Waals surface area (Å²) >= 11 is 3.42. The third kappa shape index (κ3) is 2.45. The Kier molecular flexibility index (Phi) is 3.53. The summed E-state index contributed by atoms with van der Waals surface area (Å²) in [6, 6.07) is 5.86. The molecule has 0 radical (unpaired) electrons. The fourth-order valence-corrected chi connectivity index (χ4v) is 2.83. The van der Waals surface area contributed by atoms with Gasteiger partial charge in [-0.2, -0.15) is 0 Å². The van der Waals surface area contributed by atoms with E-state index in [9.17, 15) is 4.79 Å². The van der Waals surface area contributed by atoms with Gasteiger partial charge in [0.2, 0.25) is 0 Å². The van der Waals surface area contributed by atoms with Crippen molar-refractivity contribution in [3.05, 3.63) is 57.6 Å².